The van der Waals surface area contributed by atoms with E-state index in [9.17, 15) is 4.79 Å². The standard InChI is InChI=1S/C16H16BrNO2/c1-10-7-11(2)15(18)14(8-10)16(19)20-9-12-3-5-13(17)6-4-12/h3-8H,9,18H2,1-2H3. The van der Waals surface area contributed by atoms with E-state index < -0.39 is 5.97 Å². The molecule has 2 aromatic carbocycles. The number of carbonyl (C=O) groups excluding carboxylic acids is 1. The van der Waals surface area contributed by atoms with Crippen molar-refractivity contribution in [3.8, 4) is 0 Å². The van der Waals surface area contributed by atoms with Crippen LogP contribution >= 0.6 is 15.9 Å². The minimum atomic E-state index is -0.391. The number of nitrogen functional groups attached to an aromatic ring is 1. The number of carbonyl (C=O) groups is 1. The molecule has 104 valence electrons. The van der Waals surface area contributed by atoms with Gasteiger partial charge in [-0.15, -0.1) is 0 Å². The number of aryl methyl sites for hydroxylation is 2. The third-order valence-electron chi connectivity index (χ3n) is 3.03. The summed E-state index contributed by atoms with van der Waals surface area (Å²) in [6.07, 6.45) is 0. The molecule has 0 heterocycles. The summed E-state index contributed by atoms with van der Waals surface area (Å²) in [5.74, 6) is -0.391. The lowest BCUT2D eigenvalue weighted by Gasteiger charge is -2.10. The summed E-state index contributed by atoms with van der Waals surface area (Å²) < 4.78 is 6.30. The van der Waals surface area contributed by atoms with E-state index in [1.165, 1.54) is 0 Å². The molecule has 4 heteroatoms. The van der Waals surface area contributed by atoms with E-state index in [-0.39, 0.29) is 6.61 Å². The Morgan fingerprint density at radius 3 is 2.50 bits per heavy atom. The second-order valence-electron chi connectivity index (χ2n) is 4.75. The Morgan fingerprint density at radius 1 is 1.20 bits per heavy atom. The Morgan fingerprint density at radius 2 is 1.85 bits per heavy atom. The van der Waals surface area contributed by atoms with Crippen molar-refractivity contribution in [2.75, 3.05) is 5.73 Å². The molecule has 0 saturated heterocycles. The first-order valence-corrected chi connectivity index (χ1v) is 7.05. The minimum Gasteiger partial charge on any atom is -0.457 e. The zero-order valence-corrected chi connectivity index (χ0v) is 13.0. The largest absolute Gasteiger partial charge is 0.457 e. The van der Waals surface area contributed by atoms with Crippen LogP contribution < -0.4 is 5.73 Å². The smallest absolute Gasteiger partial charge is 0.340 e. The van der Waals surface area contributed by atoms with Gasteiger partial charge in [0.15, 0.2) is 0 Å². The summed E-state index contributed by atoms with van der Waals surface area (Å²) in [6, 6.07) is 11.3. The molecule has 2 rings (SSSR count). The number of hydrogen-bond acceptors (Lipinski definition) is 3. The first-order valence-electron chi connectivity index (χ1n) is 6.25. The number of halogens is 1. The van der Waals surface area contributed by atoms with Crippen LogP contribution in [-0.4, -0.2) is 5.97 Å². The van der Waals surface area contributed by atoms with Gasteiger partial charge in [0.05, 0.1) is 5.56 Å². The van der Waals surface area contributed by atoms with Crippen molar-refractivity contribution in [3.63, 3.8) is 0 Å². The lowest BCUT2D eigenvalue weighted by atomic mass is 10.0. The predicted octanol–water partition coefficient (Wildman–Crippen LogP) is 4.01. The highest BCUT2D eigenvalue weighted by Crippen LogP contribution is 2.21. The monoisotopic (exact) mass is 333 g/mol. The molecule has 0 aliphatic rings. The van der Waals surface area contributed by atoms with E-state index in [1.54, 1.807) is 6.07 Å². The first kappa shape index (κ1) is 14.6. The van der Waals surface area contributed by atoms with E-state index >= 15 is 0 Å². The Bertz CT molecular complexity index is 636. The predicted molar refractivity (Wildman–Crippen MR) is 83.6 cm³/mol. The summed E-state index contributed by atoms with van der Waals surface area (Å²) in [4.78, 5) is 12.1. The topological polar surface area (TPSA) is 52.3 Å². The van der Waals surface area contributed by atoms with Crippen LogP contribution in [0.3, 0.4) is 0 Å². The van der Waals surface area contributed by atoms with Gasteiger partial charge in [-0.25, -0.2) is 4.79 Å². The van der Waals surface area contributed by atoms with E-state index in [1.807, 2.05) is 44.2 Å². The fourth-order valence-corrected chi connectivity index (χ4v) is 2.22. The van der Waals surface area contributed by atoms with Gasteiger partial charge in [-0.2, -0.15) is 0 Å². The van der Waals surface area contributed by atoms with Crippen LogP contribution in [-0.2, 0) is 11.3 Å². The first-order chi connectivity index (χ1) is 9.47. The zero-order valence-electron chi connectivity index (χ0n) is 11.4. The van der Waals surface area contributed by atoms with Crippen LogP contribution in [0.1, 0.15) is 27.0 Å². The number of hydrogen-bond donors (Lipinski definition) is 1. The second-order valence-corrected chi connectivity index (χ2v) is 5.66. The lowest BCUT2D eigenvalue weighted by molar-refractivity contribution is 0.0474. The van der Waals surface area contributed by atoms with Gasteiger partial charge in [-0.1, -0.05) is 34.1 Å². The van der Waals surface area contributed by atoms with Gasteiger partial charge in [0.2, 0.25) is 0 Å². The Balaban J connectivity index is 2.11. The van der Waals surface area contributed by atoms with Crippen LogP contribution in [0, 0.1) is 13.8 Å². The number of anilines is 1. The molecule has 0 amide bonds. The van der Waals surface area contributed by atoms with E-state index in [2.05, 4.69) is 15.9 Å². The average molecular weight is 334 g/mol. The van der Waals surface area contributed by atoms with Crippen molar-refractivity contribution in [2.45, 2.75) is 20.5 Å². The van der Waals surface area contributed by atoms with Crippen LogP contribution in [0.15, 0.2) is 40.9 Å². The third-order valence-corrected chi connectivity index (χ3v) is 3.56. The van der Waals surface area contributed by atoms with Gasteiger partial charge < -0.3 is 10.5 Å². The molecular weight excluding hydrogens is 318 g/mol. The second kappa shape index (κ2) is 6.09. The molecule has 2 aromatic rings. The fourth-order valence-electron chi connectivity index (χ4n) is 1.95. The van der Waals surface area contributed by atoms with Crippen molar-refractivity contribution >= 4 is 27.6 Å². The molecule has 0 aromatic heterocycles. The Labute approximate surface area is 126 Å². The van der Waals surface area contributed by atoms with Crippen molar-refractivity contribution in [1.82, 2.24) is 0 Å². The number of rotatable bonds is 3. The summed E-state index contributed by atoms with van der Waals surface area (Å²) in [5, 5.41) is 0. The molecule has 0 saturated carbocycles. The van der Waals surface area contributed by atoms with Crippen molar-refractivity contribution in [1.29, 1.82) is 0 Å². The van der Waals surface area contributed by atoms with E-state index in [4.69, 9.17) is 10.5 Å². The summed E-state index contributed by atoms with van der Waals surface area (Å²) in [6.45, 7) is 4.05. The van der Waals surface area contributed by atoms with Crippen molar-refractivity contribution < 1.29 is 9.53 Å². The maximum Gasteiger partial charge on any atom is 0.340 e. The molecule has 0 aliphatic heterocycles. The van der Waals surface area contributed by atoms with Gasteiger partial charge in [0.25, 0.3) is 0 Å². The summed E-state index contributed by atoms with van der Waals surface area (Å²) in [7, 11) is 0. The molecule has 20 heavy (non-hydrogen) atoms. The number of ether oxygens (including phenoxy) is 1. The number of esters is 1. The van der Waals surface area contributed by atoms with Gasteiger partial charge >= 0.3 is 5.97 Å². The summed E-state index contributed by atoms with van der Waals surface area (Å²) >= 11 is 3.36. The normalized spacial score (nSPS) is 10.3. The highest BCUT2D eigenvalue weighted by molar-refractivity contribution is 9.10. The molecule has 2 N–H and O–H groups in total. The molecule has 0 unspecified atom stereocenters. The molecule has 0 spiro atoms. The van der Waals surface area contributed by atoms with Crippen molar-refractivity contribution in [3.05, 3.63) is 63.1 Å². The van der Waals surface area contributed by atoms with Gasteiger partial charge in [-0.3, -0.25) is 0 Å². The quantitative estimate of drug-likeness (QED) is 0.682. The van der Waals surface area contributed by atoms with Crippen LogP contribution in [0.5, 0.6) is 0 Å². The van der Waals surface area contributed by atoms with E-state index in [0.29, 0.717) is 11.3 Å². The SMILES string of the molecule is Cc1cc(C)c(N)c(C(=O)OCc2ccc(Br)cc2)c1. The average Bonchev–Trinajstić information content (AvgIpc) is 2.42. The molecule has 0 fully saturated rings. The highest BCUT2D eigenvalue weighted by atomic mass is 79.9. The number of nitrogens with two attached hydrogens (primary N) is 1. The molecule has 0 atom stereocenters. The molecule has 0 radical (unpaired) electrons. The molecule has 0 aliphatic carbocycles. The highest BCUT2D eigenvalue weighted by Gasteiger charge is 2.13. The molecule has 0 bridgehead atoms. The van der Waals surface area contributed by atoms with E-state index in [0.717, 1.165) is 21.2 Å². The van der Waals surface area contributed by atoms with Gasteiger partial charge in [0, 0.05) is 10.2 Å². The van der Waals surface area contributed by atoms with Crippen LogP contribution in [0.25, 0.3) is 0 Å². The van der Waals surface area contributed by atoms with Gasteiger partial charge in [-0.05, 0) is 48.7 Å². The molecular formula is C16H16BrNO2. The van der Waals surface area contributed by atoms with Crippen LogP contribution in [0.2, 0.25) is 0 Å². The summed E-state index contributed by atoms with van der Waals surface area (Å²) in [5.41, 5.74) is 9.66. The zero-order chi connectivity index (χ0) is 14.7. The Kier molecular flexibility index (Phi) is 4.45. The number of benzene rings is 2. The maximum atomic E-state index is 12.1. The van der Waals surface area contributed by atoms with Crippen molar-refractivity contribution in [2.24, 2.45) is 0 Å². The third kappa shape index (κ3) is 3.39. The molecule has 3 nitrogen and oxygen atoms in total. The minimum absolute atomic E-state index is 0.235. The lowest BCUT2D eigenvalue weighted by Crippen LogP contribution is -2.09. The Hall–Kier alpha value is -1.81. The van der Waals surface area contributed by atoms with Crippen LogP contribution in [0.4, 0.5) is 5.69 Å². The fraction of sp³-hybridized carbons (Fsp3) is 0.188. The maximum absolute atomic E-state index is 12.1. The van der Waals surface area contributed by atoms with Gasteiger partial charge in [0.1, 0.15) is 6.61 Å².